The molecular weight excluding hydrogens is 168 g/mol. The van der Waals surface area contributed by atoms with Gasteiger partial charge in [-0.3, -0.25) is 5.10 Å². The van der Waals surface area contributed by atoms with Crippen LogP contribution < -0.4 is 5.32 Å². The summed E-state index contributed by atoms with van der Waals surface area (Å²) >= 11 is 0. The molecule has 13 heavy (non-hydrogen) atoms. The Hall–Kier alpha value is -0.940. The smallest absolute Gasteiger partial charge is 0.138 e. The van der Waals surface area contributed by atoms with E-state index in [1.807, 2.05) is 0 Å². The van der Waals surface area contributed by atoms with Gasteiger partial charge in [0.15, 0.2) is 0 Å². The average molecular weight is 184 g/mol. The lowest BCUT2D eigenvalue weighted by molar-refractivity contribution is 0.158. The summed E-state index contributed by atoms with van der Waals surface area (Å²) < 4.78 is 5.02. The van der Waals surface area contributed by atoms with Crippen molar-refractivity contribution in [1.82, 2.24) is 20.5 Å². The predicted octanol–water partition coefficient (Wildman–Crippen LogP) is 0.177. The van der Waals surface area contributed by atoms with Crippen molar-refractivity contribution in [3.8, 4) is 0 Å². The molecule has 1 aromatic rings. The van der Waals surface area contributed by atoms with Crippen LogP contribution in [0.4, 0.5) is 0 Å². The minimum Gasteiger partial charge on any atom is -0.384 e. The largest absolute Gasteiger partial charge is 0.384 e. The van der Waals surface area contributed by atoms with E-state index in [2.05, 4.69) is 27.4 Å². The van der Waals surface area contributed by atoms with Gasteiger partial charge in [-0.2, -0.15) is 5.10 Å². The van der Waals surface area contributed by atoms with Gasteiger partial charge in [0.05, 0.1) is 6.54 Å². The Kier molecular flexibility index (Phi) is 4.42. The summed E-state index contributed by atoms with van der Waals surface area (Å²) in [5.74, 6) is 1.39. The van der Waals surface area contributed by atoms with Crippen molar-refractivity contribution in [1.29, 1.82) is 0 Å². The molecule has 1 rings (SSSR count). The Morgan fingerprint density at radius 1 is 1.69 bits per heavy atom. The topological polar surface area (TPSA) is 62.8 Å². The summed E-state index contributed by atoms with van der Waals surface area (Å²) in [5.41, 5.74) is 0. The van der Waals surface area contributed by atoms with Crippen LogP contribution in [0.5, 0.6) is 0 Å². The van der Waals surface area contributed by atoms with E-state index in [1.165, 1.54) is 6.33 Å². The van der Waals surface area contributed by atoms with E-state index < -0.39 is 0 Å². The third-order valence-corrected chi connectivity index (χ3v) is 1.70. The lowest BCUT2D eigenvalue weighted by Crippen LogP contribution is -2.23. The molecular formula is C8H16N4O. The Morgan fingerprint density at radius 2 is 2.54 bits per heavy atom. The van der Waals surface area contributed by atoms with Crippen LogP contribution in [0.1, 0.15) is 12.7 Å². The van der Waals surface area contributed by atoms with Gasteiger partial charge < -0.3 is 10.1 Å². The van der Waals surface area contributed by atoms with Crippen molar-refractivity contribution >= 4 is 0 Å². The van der Waals surface area contributed by atoms with Crippen LogP contribution >= 0.6 is 0 Å². The first-order valence-corrected chi connectivity index (χ1v) is 4.37. The zero-order valence-electron chi connectivity index (χ0n) is 8.08. The zero-order chi connectivity index (χ0) is 9.52. The van der Waals surface area contributed by atoms with Gasteiger partial charge in [0.25, 0.3) is 0 Å². The quantitative estimate of drug-likeness (QED) is 0.662. The molecule has 5 heteroatoms. The third kappa shape index (κ3) is 4.00. The second kappa shape index (κ2) is 5.66. The molecule has 0 aliphatic rings. The van der Waals surface area contributed by atoms with Gasteiger partial charge in [0, 0.05) is 20.3 Å². The first-order valence-electron chi connectivity index (χ1n) is 4.37. The third-order valence-electron chi connectivity index (χ3n) is 1.70. The number of ether oxygens (including phenoxy) is 1. The molecule has 2 N–H and O–H groups in total. The van der Waals surface area contributed by atoms with Crippen LogP contribution in [-0.2, 0) is 11.3 Å². The Bertz CT molecular complexity index is 212. The van der Waals surface area contributed by atoms with Gasteiger partial charge in [-0.25, -0.2) is 4.98 Å². The van der Waals surface area contributed by atoms with Crippen LogP contribution in [0.25, 0.3) is 0 Å². The number of aromatic nitrogens is 3. The predicted molar refractivity (Wildman–Crippen MR) is 49.1 cm³/mol. The standard InChI is InChI=1S/C8H16N4O/c1-7(5-13-2)3-9-4-8-10-6-11-12-8/h6-7,9H,3-5H2,1-2H3,(H,10,11,12). The number of rotatable bonds is 6. The minimum absolute atomic E-state index is 0.521. The molecule has 0 amide bonds. The zero-order valence-corrected chi connectivity index (χ0v) is 8.08. The summed E-state index contributed by atoms with van der Waals surface area (Å²) in [6.07, 6.45) is 1.51. The second-order valence-electron chi connectivity index (χ2n) is 3.12. The van der Waals surface area contributed by atoms with E-state index in [4.69, 9.17) is 4.74 Å². The lowest BCUT2D eigenvalue weighted by Gasteiger charge is -2.09. The van der Waals surface area contributed by atoms with E-state index in [0.29, 0.717) is 5.92 Å². The number of hydrogen-bond acceptors (Lipinski definition) is 4. The summed E-state index contributed by atoms with van der Waals surface area (Å²) in [6.45, 7) is 4.57. The van der Waals surface area contributed by atoms with Crippen molar-refractivity contribution in [2.75, 3.05) is 20.3 Å². The molecule has 0 aromatic carbocycles. The van der Waals surface area contributed by atoms with E-state index in [9.17, 15) is 0 Å². The molecule has 0 fully saturated rings. The number of H-pyrrole nitrogens is 1. The van der Waals surface area contributed by atoms with Gasteiger partial charge in [0.2, 0.25) is 0 Å². The first kappa shape index (κ1) is 10.1. The van der Waals surface area contributed by atoms with Gasteiger partial charge in [0.1, 0.15) is 12.2 Å². The van der Waals surface area contributed by atoms with Crippen LogP contribution in [0.15, 0.2) is 6.33 Å². The highest BCUT2D eigenvalue weighted by atomic mass is 16.5. The van der Waals surface area contributed by atoms with Crippen molar-refractivity contribution in [3.63, 3.8) is 0 Å². The average Bonchev–Trinajstić information content (AvgIpc) is 2.57. The number of hydrogen-bond donors (Lipinski definition) is 2. The maximum absolute atomic E-state index is 5.02. The molecule has 0 radical (unpaired) electrons. The van der Waals surface area contributed by atoms with Crippen molar-refractivity contribution < 1.29 is 4.74 Å². The summed E-state index contributed by atoms with van der Waals surface area (Å²) in [6, 6.07) is 0. The Balaban J connectivity index is 2.07. The fraction of sp³-hybridized carbons (Fsp3) is 0.750. The Morgan fingerprint density at radius 3 is 3.15 bits per heavy atom. The minimum atomic E-state index is 0.521. The normalized spacial score (nSPS) is 13.1. The maximum atomic E-state index is 5.02. The monoisotopic (exact) mass is 184 g/mol. The van der Waals surface area contributed by atoms with Crippen LogP contribution in [0, 0.1) is 5.92 Å². The Labute approximate surface area is 77.9 Å². The van der Waals surface area contributed by atoms with Gasteiger partial charge >= 0.3 is 0 Å². The highest BCUT2D eigenvalue weighted by molar-refractivity contribution is 4.78. The fourth-order valence-corrected chi connectivity index (χ4v) is 1.10. The highest BCUT2D eigenvalue weighted by Gasteiger charge is 2.00. The molecule has 0 saturated carbocycles. The molecule has 5 nitrogen and oxygen atoms in total. The molecule has 1 atom stereocenters. The first-order chi connectivity index (χ1) is 6.33. The summed E-state index contributed by atoms with van der Waals surface area (Å²) in [4.78, 5) is 4.00. The fourth-order valence-electron chi connectivity index (χ4n) is 1.10. The summed E-state index contributed by atoms with van der Waals surface area (Å²) in [7, 11) is 1.72. The van der Waals surface area contributed by atoms with E-state index in [0.717, 1.165) is 25.5 Å². The number of methoxy groups -OCH3 is 1. The molecule has 74 valence electrons. The SMILES string of the molecule is COCC(C)CNCc1ncn[nH]1. The lowest BCUT2D eigenvalue weighted by atomic mass is 10.2. The number of aromatic amines is 1. The van der Waals surface area contributed by atoms with Crippen LogP contribution in [-0.4, -0.2) is 35.4 Å². The van der Waals surface area contributed by atoms with E-state index in [-0.39, 0.29) is 0 Å². The summed E-state index contributed by atoms with van der Waals surface area (Å²) in [5, 5.41) is 9.80. The number of nitrogens with one attached hydrogen (secondary N) is 2. The highest BCUT2D eigenvalue weighted by Crippen LogP contribution is 1.93. The maximum Gasteiger partial charge on any atom is 0.138 e. The van der Waals surface area contributed by atoms with Crippen LogP contribution in [0.3, 0.4) is 0 Å². The molecule has 1 unspecified atom stereocenters. The van der Waals surface area contributed by atoms with Crippen molar-refractivity contribution in [2.24, 2.45) is 5.92 Å². The molecule has 0 aliphatic carbocycles. The molecule has 0 aliphatic heterocycles. The van der Waals surface area contributed by atoms with E-state index in [1.54, 1.807) is 7.11 Å². The van der Waals surface area contributed by atoms with Gasteiger partial charge in [-0.1, -0.05) is 6.92 Å². The molecule has 0 saturated heterocycles. The van der Waals surface area contributed by atoms with Gasteiger partial charge in [-0.15, -0.1) is 0 Å². The van der Waals surface area contributed by atoms with Crippen molar-refractivity contribution in [3.05, 3.63) is 12.2 Å². The molecule has 0 bridgehead atoms. The van der Waals surface area contributed by atoms with E-state index >= 15 is 0 Å². The molecule has 1 heterocycles. The number of nitrogens with zero attached hydrogens (tertiary/aromatic N) is 2. The van der Waals surface area contributed by atoms with Gasteiger partial charge in [-0.05, 0) is 5.92 Å². The molecule has 0 spiro atoms. The molecule has 1 aromatic heterocycles. The second-order valence-corrected chi connectivity index (χ2v) is 3.12. The van der Waals surface area contributed by atoms with Crippen molar-refractivity contribution in [2.45, 2.75) is 13.5 Å². The van der Waals surface area contributed by atoms with Crippen LogP contribution in [0.2, 0.25) is 0 Å².